The zero-order chi connectivity index (χ0) is 20.2. The molecule has 0 aliphatic carbocycles. The maximum atomic E-state index is 13.5. The molecule has 0 N–H and O–H groups in total. The first-order valence-corrected chi connectivity index (χ1v) is 10.1. The highest BCUT2D eigenvalue weighted by Gasteiger charge is 2.22. The third-order valence-corrected chi connectivity index (χ3v) is 5.16. The summed E-state index contributed by atoms with van der Waals surface area (Å²) in [5.74, 6) is 2.11. The van der Waals surface area contributed by atoms with E-state index < -0.39 is 0 Å². The fraction of sp³-hybridized carbons (Fsp3) is 0.409. The lowest BCUT2D eigenvalue weighted by molar-refractivity contribution is 0.285. The van der Waals surface area contributed by atoms with Gasteiger partial charge in [-0.2, -0.15) is 4.98 Å². The number of halogens is 1. The first-order chi connectivity index (χ1) is 14.1. The summed E-state index contributed by atoms with van der Waals surface area (Å²) in [4.78, 5) is 13.8. The Morgan fingerprint density at radius 3 is 2.79 bits per heavy atom. The molecule has 4 rings (SSSR count). The quantitative estimate of drug-likeness (QED) is 0.648. The summed E-state index contributed by atoms with van der Waals surface area (Å²) in [6.45, 7) is 8.42. The van der Waals surface area contributed by atoms with Gasteiger partial charge in [0.2, 0.25) is 0 Å². The summed E-state index contributed by atoms with van der Waals surface area (Å²) in [6, 6.07) is 10.7. The second-order valence-electron chi connectivity index (χ2n) is 7.73. The van der Waals surface area contributed by atoms with Crippen LogP contribution < -0.4 is 4.90 Å². The Morgan fingerprint density at radius 2 is 2.00 bits per heavy atom. The Bertz CT molecular complexity index is 958. The number of pyridine rings is 1. The fourth-order valence-electron chi connectivity index (χ4n) is 3.63. The Balaban J connectivity index is 1.49. The molecule has 152 valence electrons. The molecule has 29 heavy (non-hydrogen) atoms. The van der Waals surface area contributed by atoms with Crippen molar-refractivity contribution < 1.29 is 8.91 Å². The van der Waals surface area contributed by atoms with Gasteiger partial charge >= 0.3 is 0 Å². The minimum atomic E-state index is -0.183. The number of hydrogen-bond acceptors (Lipinski definition) is 6. The SMILES string of the molecule is CC(C)c1noc(-c2cccnc2N2CCCN(Cc3cccc(F)c3)CC2)n1. The standard InChI is InChI=1S/C22H26FN5O/c1-16(2)20-25-22(29-26-20)19-8-4-9-24-21(19)28-11-5-10-27(12-13-28)15-17-6-3-7-18(23)14-17/h3-4,6-9,14,16H,5,10-13,15H2,1-2H3. The lowest BCUT2D eigenvalue weighted by Crippen LogP contribution is -2.31. The molecule has 0 saturated carbocycles. The molecule has 1 aromatic carbocycles. The Hall–Kier alpha value is -2.80. The van der Waals surface area contributed by atoms with Gasteiger partial charge in [-0.25, -0.2) is 9.37 Å². The molecule has 1 aliphatic rings. The highest BCUT2D eigenvalue weighted by atomic mass is 19.1. The van der Waals surface area contributed by atoms with Crippen molar-refractivity contribution in [1.29, 1.82) is 0 Å². The molecule has 1 fully saturated rings. The van der Waals surface area contributed by atoms with Crippen LogP contribution in [0.2, 0.25) is 0 Å². The van der Waals surface area contributed by atoms with Crippen LogP contribution in [-0.4, -0.2) is 46.2 Å². The summed E-state index contributed by atoms with van der Waals surface area (Å²) < 4.78 is 19.0. The minimum Gasteiger partial charge on any atom is -0.355 e. The molecule has 0 amide bonds. The van der Waals surface area contributed by atoms with Crippen LogP contribution in [0.4, 0.5) is 10.2 Å². The summed E-state index contributed by atoms with van der Waals surface area (Å²) in [7, 11) is 0. The van der Waals surface area contributed by atoms with Crippen molar-refractivity contribution >= 4 is 5.82 Å². The predicted octanol–water partition coefficient (Wildman–Crippen LogP) is 4.11. The van der Waals surface area contributed by atoms with Crippen molar-refractivity contribution in [2.75, 3.05) is 31.1 Å². The smallest absolute Gasteiger partial charge is 0.261 e. The number of nitrogens with zero attached hydrogens (tertiary/aromatic N) is 5. The van der Waals surface area contributed by atoms with E-state index in [9.17, 15) is 4.39 Å². The van der Waals surface area contributed by atoms with Gasteiger partial charge < -0.3 is 9.42 Å². The van der Waals surface area contributed by atoms with Crippen LogP contribution in [0, 0.1) is 5.82 Å². The van der Waals surface area contributed by atoms with Crippen molar-refractivity contribution in [2.24, 2.45) is 0 Å². The van der Waals surface area contributed by atoms with Gasteiger partial charge in [0.25, 0.3) is 5.89 Å². The third kappa shape index (κ3) is 4.62. The Labute approximate surface area is 170 Å². The molecular formula is C22H26FN5O. The maximum absolute atomic E-state index is 13.5. The van der Waals surface area contributed by atoms with Crippen LogP contribution in [-0.2, 0) is 6.54 Å². The number of benzene rings is 1. The predicted molar refractivity (Wildman–Crippen MR) is 110 cm³/mol. The summed E-state index contributed by atoms with van der Waals surface area (Å²) in [5.41, 5.74) is 1.87. The molecule has 1 aliphatic heterocycles. The average molecular weight is 395 g/mol. The van der Waals surface area contributed by atoms with Gasteiger partial charge in [-0.05, 0) is 36.2 Å². The van der Waals surface area contributed by atoms with Crippen LogP contribution in [0.1, 0.15) is 37.6 Å². The van der Waals surface area contributed by atoms with Gasteiger partial charge in [0.05, 0.1) is 5.56 Å². The van der Waals surface area contributed by atoms with E-state index in [0.717, 1.165) is 56.1 Å². The molecule has 3 aromatic rings. The van der Waals surface area contributed by atoms with Gasteiger partial charge in [0.1, 0.15) is 11.6 Å². The van der Waals surface area contributed by atoms with Crippen LogP contribution in [0.25, 0.3) is 11.5 Å². The molecule has 1 saturated heterocycles. The van der Waals surface area contributed by atoms with Crippen molar-refractivity contribution in [3.63, 3.8) is 0 Å². The van der Waals surface area contributed by atoms with Gasteiger partial charge in [-0.1, -0.05) is 31.1 Å². The second kappa shape index (κ2) is 8.69. The summed E-state index contributed by atoms with van der Waals surface area (Å²) in [6.07, 6.45) is 2.81. The van der Waals surface area contributed by atoms with Gasteiger partial charge in [0, 0.05) is 44.8 Å². The average Bonchev–Trinajstić information content (AvgIpc) is 3.10. The molecule has 7 heteroatoms. The highest BCUT2D eigenvalue weighted by Crippen LogP contribution is 2.29. The van der Waals surface area contributed by atoms with Gasteiger partial charge in [0.15, 0.2) is 5.82 Å². The number of aromatic nitrogens is 3. The summed E-state index contributed by atoms with van der Waals surface area (Å²) in [5, 5.41) is 4.09. The molecule has 0 radical (unpaired) electrons. The minimum absolute atomic E-state index is 0.183. The van der Waals surface area contributed by atoms with E-state index in [1.165, 1.54) is 6.07 Å². The van der Waals surface area contributed by atoms with Gasteiger partial charge in [-0.3, -0.25) is 4.90 Å². The Kier molecular flexibility index (Phi) is 5.85. The molecule has 3 heterocycles. The van der Waals surface area contributed by atoms with Crippen molar-refractivity contribution in [3.8, 4) is 11.5 Å². The van der Waals surface area contributed by atoms with Crippen molar-refractivity contribution in [1.82, 2.24) is 20.0 Å². The van der Waals surface area contributed by atoms with E-state index in [1.807, 2.05) is 32.0 Å². The molecule has 0 spiro atoms. The van der Waals surface area contributed by atoms with Crippen LogP contribution in [0.5, 0.6) is 0 Å². The van der Waals surface area contributed by atoms with E-state index in [1.54, 1.807) is 18.3 Å². The highest BCUT2D eigenvalue weighted by molar-refractivity contribution is 5.69. The molecule has 0 unspecified atom stereocenters. The zero-order valence-corrected chi connectivity index (χ0v) is 16.9. The van der Waals surface area contributed by atoms with E-state index in [2.05, 4.69) is 24.9 Å². The topological polar surface area (TPSA) is 58.3 Å². The summed E-state index contributed by atoms with van der Waals surface area (Å²) >= 11 is 0. The Morgan fingerprint density at radius 1 is 1.10 bits per heavy atom. The number of anilines is 1. The van der Waals surface area contributed by atoms with Crippen molar-refractivity contribution in [3.05, 3.63) is 59.8 Å². The van der Waals surface area contributed by atoms with E-state index in [4.69, 9.17) is 4.52 Å². The van der Waals surface area contributed by atoms with Crippen LogP contribution in [0.15, 0.2) is 47.1 Å². The lowest BCUT2D eigenvalue weighted by Gasteiger charge is -2.24. The van der Waals surface area contributed by atoms with E-state index in [-0.39, 0.29) is 11.7 Å². The zero-order valence-electron chi connectivity index (χ0n) is 16.9. The second-order valence-corrected chi connectivity index (χ2v) is 7.73. The maximum Gasteiger partial charge on any atom is 0.261 e. The van der Waals surface area contributed by atoms with E-state index in [0.29, 0.717) is 11.7 Å². The first kappa shape index (κ1) is 19.5. The number of rotatable bonds is 5. The normalized spacial score (nSPS) is 15.7. The van der Waals surface area contributed by atoms with Gasteiger partial charge in [-0.15, -0.1) is 0 Å². The largest absolute Gasteiger partial charge is 0.355 e. The first-order valence-electron chi connectivity index (χ1n) is 10.1. The molecule has 2 aromatic heterocycles. The lowest BCUT2D eigenvalue weighted by atomic mass is 10.2. The molecule has 0 atom stereocenters. The van der Waals surface area contributed by atoms with E-state index >= 15 is 0 Å². The molecular weight excluding hydrogens is 369 g/mol. The van der Waals surface area contributed by atoms with Crippen molar-refractivity contribution in [2.45, 2.75) is 32.7 Å². The molecule has 6 nitrogen and oxygen atoms in total. The third-order valence-electron chi connectivity index (χ3n) is 5.16. The molecule has 0 bridgehead atoms. The van der Waals surface area contributed by atoms with Crippen LogP contribution in [0.3, 0.4) is 0 Å². The number of hydrogen-bond donors (Lipinski definition) is 0. The van der Waals surface area contributed by atoms with Crippen LogP contribution >= 0.6 is 0 Å². The fourth-order valence-corrected chi connectivity index (χ4v) is 3.63. The monoisotopic (exact) mass is 395 g/mol.